The van der Waals surface area contributed by atoms with Gasteiger partial charge >= 0.3 is 0 Å². The predicted octanol–water partition coefficient (Wildman–Crippen LogP) is 1.18. The number of aryl methyl sites for hydroxylation is 1. The molecule has 0 aliphatic heterocycles. The zero-order chi connectivity index (χ0) is 11.5. The van der Waals surface area contributed by atoms with Crippen molar-refractivity contribution in [2.75, 3.05) is 11.5 Å². The molecule has 2 rings (SSSR count). The minimum atomic E-state index is 0.254. The van der Waals surface area contributed by atoms with Gasteiger partial charge in [-0.3, -0.25) is 4.57 Å². The second-order valence-corrected chi connectivity index (χ2v) is 3.77. The van der Waals surface area contributed by atoms with E-state index in [1.54, 1.807) is 6.20 Å². The van der Waals surface area contributed by atoms with Crippen LogP contribution < -0.4 is 11.5 Å². The van der Waals surface area contributed by atoms with Crippen LogP contribution in [0.15, 0.2) is 6.20 Å². The molecule has 0 unspecified atom stereocenters. The molecule has 6 heteroatoms. The van der Waals surface area contributed by atoms with Crippen molar-refractivity contribution in [3.05, 3.63) is 6.20 Å². The average molecular weight is 220 g/mol. The Labute approximate surface area is 93.7 Å². The summed E-state index contributed by atoms with van der Waals surface area (Å²) in [6.07, 6.45) is 5.00. The fourth-order valence-electron chi connectivity index (χ4n) is 1.69. The van der Waals surface area contributed by atoms with Crippen LogP contribution >= 0.6 is 0 Å². The quantitative estimate of drug-likeness (QED) is 0.754. The van der Waals surface area contributed by atoms with Gasteiger partial charge in [0.25, 0.3) is 0 Å². The predicted molar refractivity (Wildman–Crippen MR) is 63.7 cm³/mol. The van der Waals surface area contributed by atoms with E-state index in [1.165, 1.54) is 12.8 Å². The zero-order valence-corrected chi connectivity index (χ0v) is 9.35. The SMILES string of the molecule is CCCCCn1c(N)nc2cnc(N)nc21. The molecule has 0 radical (unpaired) electrons. The second kappa shape index (κ2) is 4.34. The first-order valence-corrected chi connectivity index (χ1v) is 5.46. The molecule has 2 aromatic rings. The van der Waals surface area contributed by atoms with Crippen molar-refractivity contribution in [2.45, 2.75) is 32.7 Å². The van der Waals surface area contributed by atoms with E-state index in [4.69, 9.17) is 11.5 Å². The Kier molecular flexibility index (Phi) is 2.89. The van der Waals surface area contributed by atoms with Gasteiger partial charge in [0, 0.05) is 6.54 Å². The number of nitrogen functional groups attached to an aromatic ring is 2. The molecule has 4 N–H and O–H groups in total. The summed E-state index contributed by atoms with van der Waals surface area (Å²) >= 11 is 0. The van der Waals surface area contributed by atoms with Gasteiger partial charge in [-0.15, -0.1) is 0 Å². The molecule has 0 bridgehead atoms. The number of hydrogen-bond acceptors (Lipinski definition) is 5. The van der Waals surface area contributed by atoms with Crippen LogP contribution in [0.5, 0.6) is 0 Å². The molecule has 0 aromatic carbocycles. The lowest BCUT2D eigenvalue weighted by atomic mass is 10.2. The highest BCUT2D eigenvalue weighted by Crippen LogP contribution is 2.16. The topological polar surface area (TPSA) is 95.6 Å². The lowest BCUT2D eigenvalue weighted by molar-refractivity contribution is 0.616. The largest absolute Gasteiger partial charge is 0.369 e. The van der Waals surface area contributed by atoms with E-state index in [1.807, 2.05) is 4.57 Å². The van der Waals surface area contributed by atoms with Gasteiger partial charge in [-0.25, -0.2) is 9.97 Å². The Balaban J connectivity index is 2.34. The van der Waals surface area contributed by atoms with Crippen molar-refractivity contribution in [1.29, 1.82) is 0 Å². The summed E-state index contributed by atoms with van der Waals surface area (Å²) in [6.45, 7) is 2.99. The number of anilines is 2. The first-order valence-electron chi connectivity index (χ1n) is 5.46. The molecule has 0 aliphatic rings. The highest BCUT2D eigenvalue weighted by atomic mass is 15.2. The van der Waals surface area contributed by atoms with Gasteiger partial charge in [-0.2, -0.15) is 4.98 Å². The summed E-state index contributed by atoms with van der Waals surface area (Å²) < 4.78 is 1.89. The van der Waals surface area contributed by atoms with E-state index in [0.29, 0.717) is 11.5 Å². The van der Waals surface area contributed by atoms with Gasteiger partial charge in [-0.1, -0.05) is 19.8 Å². The molecule has 0 atom stereocenters. The molecule has 0 amide bonds. The number of unbranched alkanes of at least 4 members (excludes halogenated alkanes) is 2. The molecular weight excluding hydrogens is 204 g/mol. The summed E-state index contributed by atoms with van der Waals surface area (Å²) in [5, 5.41) is 0. The smallest absolute Gasteiger partial charge is 0.222 e. The highest BCUT2D eigenvalue weighted by molar-refractivity contribution is 5.74. The van der Waals surface area contributed by atoms with E-state index < -0.39 is 0 Å². The molecule has 0 spiro atoms. The van der Waals surface area contributed by atoms with Crippen LogP contribution in [0.2, 0.25) is 0 Å². The monoisotopic (exact) mass is 220 g/mol. The Bertz CT molecular complexity index is 489. The first kappa shape index (κ1) is 10.7. The van der Waals surface area contributed by atoms with Crippen LogP contribution in [0.4, 0.5) is 11.9 Å². The molecule has 16 heavy (non-hydrogen) atoms. The van der Waals surface area contributed by atoms with Gasteiger partial charge in [0.2, 0.25) is 11.9 Å². The Morgan fingerprint density at radius 3 is 2.81 bits per heavy atom. The first-order chi connectivity index (χ1) is 7.72. The van der Waals surface area contributed by atoms with E-state index in [-0.39, 0.29) is 5.95 Å². The van der Waals surface area contributed by atoms with Crippen LogP contribution in [-0.4, -0.2) is 19.5 Å². The summed E-state index contributed by atoms with van der Waals surface area (Å²) in [4.78, 5) is 12.2. The summed E-state index contributed by atoms with van der Waals surface area (Å²) in [7, 11) is 0. The maximum atomic E-state index is 5.83. The molecule has 0 fully saturated rings. The van der Waals surface area contributed by atoms with Crippen molar-refractivity contribution in [3.63, 3.8) is 0 Å². The van der Waals surface area contributed by atoms with E-state index >= 15 is 0 Å². The lowest BCUT2D eigenvalue weighted by Gasteiger charge is -2.04. The maximum Gasteiger partial charge on any atom is 0.222 e. The third kappa shape index (κ3) is 1.91. The number of imidazole rings is 1. The van der Waals surface area contributed by atoms with Crippen molar-refractivity contribution >= 4 is 23.1 Å². The Hall–Kier alpha value is -1.85. The normalized spacial score (nSPS) is 11.1. The Morgan fingerprint density at radius 2 is 2.06 bits per heavy atom. The number of hydrogen-bond donors (Lipinski definition) is 2. The maximum absolute atomic E-state index is 5.83. The fraction of sp³-hybridized carbons (Fsp3) is 0.500. The lowest BCUT2D eigenvalue weighted by Crippen LogP contribution is -2.05. The standard InChI is InChI=1S/C10H16N6/c1-2-3-4-5-16-8-7(14-10(16)12)6-13-9(11)15-8/h6H,2-5H2,1H3,(H2,12,14)(H2,11,13,15). The Morgan fingerprint density at radius 1 is 1.25 bits per heavy atom. The van der Waals surface area contributed by atoms with E-state index in [0.717, 1.165) is 18.6 Å². The van der Waals surface area contributed by atoms with Crippen LogP contribution in [0.25, 0.3) is 11.2 Å². The number of nitrogens with zero attached hydrogens (tertiary/aromatic N) is 4. The molecule has 2 heterocycles. The van der Waals surface area contributed by atoms with Crippen molar-refractivity contribution in [3.8, 4) is 0 Å². The van der Waals surface area contributed by atoms with Crippen molar-refractivity contribution in [2.24, 2.45) is 0 Å². The van der Waals surface area contributed by atoms with Crippen LogP contribution in [0.1, 0.15) is 26.2 Å². The average Bonchev–Trinajstić information content (AvgIpc) is 2.56. The zero-order valence-electron chi connectivity index (χ0n) is 9.35. The molecule has 2 aromatic heterocycles. The molecule has 86 valence electrons. The third-order valence-corrected chi connectivity index (χ3v) is 2.52. The summed E-state index contributed by atoms with van der Waals surface area (Å²) in [5.41, 5.74) is 12.8. The van der Waals surface area contributed by atoms with E-state index in [9.17, 15) is 0 Å². The van der Waals surface area contributed by atoms with Gasteiger partial charge in [0.15, 0.2) is 5.65 Å². The fourth-order valence-corrected chi connectivity index (χ4v) is 1.69. The minimum absolute atomic E-state index is 0.254. The molecule has 0 aliphatic carbocycles. The van der Waals surface area contributed by atoms with Gasteiger partial charge < -0.3 is 11.5 Å². The summed E-state index contributed by atoms with van der Waals surface area (Å²) in [6, 6.07) is 0. The minimum Gasteiger partial charge on any atom is -0.369 e. The summed E-state index contributed by atoms with van der Waals surface area (Å²) in [5.74, 6) is 0.732. The van der Waals surface area contributed by atoms with E-state index in [2.05, 4.69) is 21.9 Å². The molecule has 0 saturated heterocycles. The molecule has 6 nitrogen and oxygen atoms in total. The van der Waals surface area contributed by atoms with Gasteiger partial charge in [-0.05, 0) is 6.42 Å². The molecule has 0 saturated carbocycles. The van der Waals surface area contributed by atoms with Crippen LogP contribution in [0, 0.1) is 0 Å². The van der Waals surface area contributed by atoms with Crippen molar-refractivity contribution < 1.29 is 0 Å². The number of fused-ring (bicyclic) bond motifs is 1. The second-order valence-electron chi connectivity index (χ2n) is 3.77. The number of rotatable bonds is 4. The van der Waals surface area contributed by atoms with Crippen molar-refractivity contribution in [1.82, 2.24) is 19.5 Å². The van der Waals surface area contributed by atoms with Gasteiger partial charge in [0.1, 0.15) is 5.52 Å². The number of nitrogens with two attached hydrogens (primary N) is 2. The van der Waals surface area contributed by atoms with Crippen LogP contribution in [-0.2, 0) is 6.54 Å². The van der Waals surface area contributed by atoms with Gasteiger partial charge in [0.05, 0.1) is 6.20 Å². The number of aromatic nitrogens is 4. The molecular formula is C10H16N6. The van der Waals surface area contributed by atoms with Crippen LogP contribution in [0.3, 0.4) is 0 Å². The third-order valence-electron chi connectivity index (χ3n) is 2.52. The highest BCUT2D eigenvalue weighted by Gasteiger charge is 2.09.